The van der Waals surface area contributed by atoms with Crippen LogP contribution in [0.5, 0.6) is 5.75 Å². The molecule has 0 radical (unpaired) electrons. The third-order valence-electron chi connectivity index (χ3n) is 4.77. The third kappa shape index (κ3) is 16.6. The van der Waals surface area contributed by atoms with E-state index in [0.717, 1.165) is 48.3 Å². The number of allylic oxidation sites excluding steroid dienone is 5. The number of unbranched alkanes of at least 4 members (excludes halogenated alkanes) is 1. The van der Waals surface area contributed by atoms with Crippen molar-refractivity contribution in [3.8, 4) is 5.75 Å². The number of halogens is 1. The SMILES string of the molecule is C/C=C(\C=C/CCC)NCc1cc(F)ccc1OC(C)CCC.CC.CN=CC(C(C)=O)=C(C)C. The summed E-state index contributed by atoms with van der Waals surface area (Å²) in [4.78, 5) is 14.6. The van der Waals surface area contributed by atoms with E-state index in [0.29, 0.717) is 12.1 Å². The maximum absolute atomic E-state index is 13.6. The van der Waals surface area contributed by atoms with Gasteiger partial charge < -0.3 is 10.1 Å². The Morgan fingerprint density at radius 2 is 1.83 bits per heavy atom. The van der Waals surface area contributed by atoms with Gasteiger partial charge in [-0.25, -0.2) is 4.39 Å². The lowest BCUT2D eigenvalue weighted by Gasteiger charge is -2.18. The first-order valence-corrected chi connectivity index (χ1v) is 12.8. The molecule has 1 rings (SSSR count). The lowest BCUT2D eigenvalue weighted by Crippen LogP contribution is -2.16. The average Bonchev–Trinajstić information content (AvgIpc) is 2.82. The molecule has 1 aromatic carbocycles. The maximum atomic E-state index is 13.6. The van der Waals surface area contributed by atoms with E-state index in [1.807, 2.05) is 40.7 Å². The first-order chi connectivity index (χ1) is 16.7. The molecule has 35 heavy (non-hydrogen) atoms. The van der Waals surface area contributed by atoms with Crippen LogP contribution in [-0.4, -0.2) is 25.1 Å². The van der Waals surface area contributed by atoms with Gasteiger partial charge in [0.1, 0.15) is 11.6 Å². The van der Waals surface area contributed by atoms with Crippen LogP contribution in [0.3, 0.4) is 0 Å². The number of Topliss-reactive ketones (excluding diaryl/α,β-unsaturated/α-hetero) is 1. The van der Waals surface area contributed by atoms with Gasteiger partial charge in [-0.2, -0.15) is 0 Å². The summed E-state index contributed by atoms with van der Waals surface area (Å²) in [5.74, 6) is 0.597. The topological polar surface area (TPSA) is 50.7 Å². The van der Waals surface area contributed by atoms with Crippen molar-refractivity contribution in [3.05, 3.63) is 64.7 Å². The second kappa shape index (κ2) is 21.8. The highest BCUT2D eigenvalue weighted by molar-refractivity contribution is 6.12. The van der Waals surface area contributed by atoms with E-state index in [1.54, 1.807) is 32.3 Å². The summed E-state index contributed by atoms with van der Waals surface area (Å²) in [7, 11) is 1.66. The molecule has 1 unspecified atom stereocenters. The van der Waals surface area contributed by atoms with Crippen molar-refractivity contribution in [2.75, 3.05) is 7.05 Å². The van der Waals surface area contributed by atoms with Gasteiger partial charge in [0, 0.05) is 36.6 Å². The van der Waals surface area contributed by atoms with Gasteiger partial charge in [0.25, 0.3) is 0 Å². The zero-order valence-corrected chi connectivity index (χ0v) is 23.8. The number of ketones is 1. The van der Waals surface area contributed by atoms with Crippen molar-refractivity contribution in [1.82, 2.24) is 5.32 Å². The molecule has 0 saturated heterocycles. The van der Waals surface area contributed by atoms with Crippen LogP contribution >= 0.6 is 0 Å². The Hall–Kier alpha value is -2.69. The number of hydrogen-bond acceptors (Lipinski definition) is 4. The summed E-state index contributed by atoms with van der Waals surface area (Å²) in [5.41, 5.74) is 3.60. The summed E-state index contributed by atoms with van der Waals surface area (Å²) >= 11 is 0. The highest BCUT2D eigenvalue weighted by atomic mass is 19.1. The first-order valence-electron chi connectivity index (χ1n) is 12.8. The van der Waals surface area contributed by atoms with Gasteiger partial charge in [0.2, 0.25) is 0 Å². The van der Waals surface area contributed by atoms with Crippen LogP contribution in [0.4, 0.5) is 4.39 Å². The number of nitrogens with one attached hydrogen (secondary N) is 1. The van der Waals surface area contributed by atoms with Crippen LogP contribution in [0, 0.1) is 5.82 Å². The van der Waals surface area contributed by atoms with E-state index in [9.17, 15) is 9.18 Å². The van der Waals surface area contributed by atoms with Crippen molar-refractivity contribution in [2.45, 2.75) is 101 Å². The molecule has 4 nitrogen and oxygen atoms in total. The van der Waals surface area contributed by atoms with E-state index in [4.69, 9.17) is 4.74 Å². The molecule has 0 saturated carbocycles. The summed E-state index contributed by atoms with van der Waals surface area (Å²) in [5, 5.41) is 3.35. The molecule has 0 amide bonds. The van der Waals surface area contributed by atoms with Gasteiger partial charge in [-0.15, -0.1) is 0 Å². The Morgan fingerprint density at radius 1 is 1.17 bits per heavy atom. The molecule has 0 spiro atoms. The number of carbonyl (C=O) groups excluding carboxylic acids is 1. The molecule has 0 aliphatic rings. The standard InChI is InChI=1S/C20H30FNO.C8H13NO.C2H6/c1-5-8-9-11-19(7-3)22-15-17-14-18(21)12-13-20(17)23-16(4)10-6-2;1-6(2)8(5-9-4)7(3)10;1-2/h7,9,11-14,16,22H,5-6,8,10,15H2,1-4H3;5H,1-4H3;1-2H3/b11-9-,19-7+;;. The van der Waals surface area contributed by atoms with Gasteiger partial charge in [-0.3, -0.25) is 9.79 Å². The maximum Gasteiger partial charge on any atom is 0.161 e. The molecule has 0 aromatic heterocycles. The molecular formula is C30H49FN2O2. The van der Waals surface area contributed by atoms with Crippen LogP contribution in [-0.2, 0) is 11.3 Å². The zero-order valence-electron chi connectivity index (χ0n) is 23.8. The quantitative estimate of drug-likeness (QED) is 0.183. The normalized spacial score (nSPS) is 11.8. The van der Waals surface area contributed by atoms with E-state index in [2.05, 4.69) is 43.2 Å². The Kier molecular flexibility index (Phi) is 21.5. The molecule has 0 fully saturated rings. The Balaban J connectivity index is 0. The summed E-state index contributed by atoms with van der Waals surface area (Å²) in [6.45, 7) is 18.2. The van der Waals surface area contributed by atoms with Crippen LogP contribution in [0.25, 0.3) is 0 Å². The van der Waals surface area contributed by atoms with Crippen LogP contribution in [0.15, 0.2) is 58.3 Å². The number of aliphatic imine (C=N–C) groups is 1. The van der Waals surface area contributed by atoms with Gasteiger partial charge in [-0.1, -0.05) is 58.3 Å². The smallest absolute Gasteiger partial charge is 0.161 e. The summed E-state index contributed by atoms with van der Waals surface area (Å²) in [6, 6.07) is 4.72. The minimum absolute atomic E-state index is 0.0746. The largest absolute Gasteiger partial charge is 0.490 e. The Bertz CT molecular complexity index is 835. The molecule has 0 aliphatic carbocycles. The molecule has 0 aliphatic heterocycles. The predicted molar refractivity (Wildman–Crippen MR) is 151 cm³/mol. The molecule has 5 heteroatoms. The van der Waals surface area contributed by atoms with Gasteiger partial charge in [0.15, 0.2) is 5.78 Å². The zero-order chi connectivity index (χ0) is 27.2. The second-order valence-corrected chi connectivity index (χ2v) is 8.11. The second-order valence-electron chi connectivity index (χ2n) is 8.11. The number of carbonyl (C=O) groups is 1. The van der Waals surface area contributed by atoms with Crippen LogP contribution in [0.2, 0.25) is 0 Å². The van der Waals surface area contributed by atoms with Crippen molar-refractivity contribution < 1.29 is 13.9 Å². The summed E-state index contributed by atoms with van der Waals surface area (Å²) < 4.78 is 19.5. The minimum Gasteiger partial charge on any atom is -0.490 e. The lowest BCUT2D eigenvalue weighted by molar-refractivity contribution is -0.113. The summed E-state index contributed by atoms with van der Waals surface area (Å²) in [6.07, 6.45) is 12.2. The lowest BCUT2D eigenvalue weighted by atomic mass is 10.1. The molecule has 1 aromatic rings. The highest BCUT2D eigenvalue weighted by Crippen LogP contribution is 2.22. The molecular weight excluding hydrogens is 439 g/mol. The predicted octanol–water partition coefficient (Wildman–Crippen LogP) is 8.38. The number of nitrogens with zero attached hydrogens (tertiary/aromatic N) is 1. The van der Waals surface area contributed by atoms with E-state index >= 15 is 0 Å². The van der Waals surface area contributed by atoms with E-state index in [-0.39, 0.29) is 17.7 Å². The van der Waals surface area contributed by atoms with E-state index < -0.39 is 0 Å². The van der Waals surface area contributed by atoms with Crippen LogP contribution < -0.4 is 10.1 Å². The average molecular weight is 489 g/mol. The molecule has 1 N–H and O–H groups in total. The monoisotopic (exact) mass is 488 g/mol. The number of ether oxygens (including phenoxy) is 1. The number of benzene rings is 1. The molecule has 0 heterocycles. The highest BCUT2D eigenvalue weighted by Gasteiger charge is 2.09. The van der Waals surface area contributed by atoms with Crippen molar-refractivity contribution in [1.29, 1.82) is 0 Å². The molecule has 0 bridgehead atoms. The van der Waals surface area contributed by atoms with Crippen LogP contribution in [0.1, 0.15) is 93.6 Å². The fourth-order valence-electron chi connectivity index (χ4n) is 3.02. The molecule has 1 atom stereocenters. The minimum atomic E-state index is -0.235. The first kappa shape index (κ1) is 34.5. The van der Waals surface area contributed by atoms with Gasteiger partial charge in [-0.05, 0) is 71.7 Å². The third-order valence-corrected chi connectivity index (χ3v) is 4.77. The van der Waals surface area contributed by atoms with E-state index in [1.165, 1.54) is 6.07 Å². The molecule has 198 valence electrons. The fourth-order valence-corrected chi connectivity index (χ4v) is 3.02. The van der Waals surface area contributed by atoms with Gasteiger partial charge in [0.05, 0.1) is 6.10 Å². The number of rotatable bonds is 12. The van der Waals surface area contributed by atoms with Crippen molar-refractivity contribution in [2.24, 2.45) is 4.99 Å². The Labute approximate surface area is 214 Å². The van der Waals surface area contributed by atoms with Crippen molar-refractivity contribution in [3.63, 3.8) is 0 Å². The van der Waals surface area contributed by atoms with Crippen molar-refractivity contribution >= 4 is 12.0 Å². The fraction of sp³-hybridized carbons (Fsp3) is 0.533. The number of hydrogen-bond donors (Lipinski definition) is 1. The Morgan fingerprint density at radius 3 is 2.29 bits per heavy atom. The van der Waals surface area contributed by atoms with Gasteiger partial charge >= 0.3 is 0 Å².